The Morgan fingerprint density at radius 3 is 2.93 bits per heavy atom. The second-order valence-electron chi connectivity index (χ2n) is 4.00. The van der Waals surface area contributed by atoms with Gasteiger partial charge in [-0.05, 0) is 25.8 Å². The lowest BCUT2D eigenvalue weighted by atomic mass is 10.1. The molecule has 0 radical (unpaired) electrons. The number of piperidine rings is 1. The van der Waals surface area contributed by atoms with Crippen molar-refractivity contribution >= 4 is 16.5 Å². The van der Waals surface area contributed by atoms with Crippen LogP contribution in [0.3, 0.4) is 0 Å². The molecule has 4 nitrogen and oxygen atoms in total. The van der Waals surface area contributed by atoms with Gasteiger partial charge in [-0.2, -0.15) is 0 Å². The van der Waals surface area contributed by atoms with Crippen LogP contribution < -0.4 is 5.32 Å². The maximum Gasteiger partial charge on any atom is 0.205 e. The highest BCUT2D eigenvalue weighted by molar-refractivity contribution is 7.13. The molecule has 1 N–H and O–H groups in total. The van der Waals surface area contributed by atoms with Gasteiger partial charge in [0.05, 0.1) is 0 Å². The van der Waals surface area contributed by atoms with Crippen molar-refractivity contribution < 1.29 is 0 Å². The summed E-state index contributed by atoms with van der Waals surface area (Å²) in [6, 6.07) is 0.589. The van der Waals surface area contributed by atoms with Gasteiger partial charge in [-0.15, -0.1) is 10.2 Å². The Bertz CT molecular complexity index is 267. The summed E-state index contributed by atoms with van der Waals surface area (Å²) in [5.74, 6) is 0. The molecule has 0 bridgehead atoms. The van der Waals surface area contributed by atoms with Gasteiger partial charge in [0.15, 0.2) is 0 Å². The zero-order valence-electron chi connectivity index (χ0n) is 9.15. The average Bonchev–Trinajstić information content (AvgIpc) is 2.74. The molecule has 2 heterocycles. The fourth-order valence-corrected chi connectivity index (χ4v) is 2.55. The summed E-state index contributed by atoms with van der Waals surface area (Å²) in [7, 11) is 0. The summed E-state index contributed by atoms with van der Waals surface area (Å²) in [6.45, 7) is 5.91. The molecular weight excluding hydrogens is 208 g/mol. The number of likely N-dealkylation sites (tertiary alicyclic amines) is 1. The van der Waals surface area contributed by atoms with Crippen LogP contribution in [-0.2, 0) is 0 Å². The standard InChI is InChI=1S/C10H18N4S/c1-2-5-14-6-3-9(4-7-14)12-10-13-11-8-15-10/h8-9H,2-7H2,1H3,(H,12,13). The highest BCUT2D eigenvalue weighted by atomic mass is 32.1. The van der Waals surface area contributed by atoms with E-state index in [4.69, 9.17) is 0 Å². The van der Waals surface area contributed by atoms with Gasteiger partial charge in [0.25, 0.3) is 0 Å². The predicted molar refractivity (Wildman–Crippen MR) is 63.3 cm³/mol. The van der Waals surface area contributed by atoms with E-state index in [9.17, 15) is 0 Å². The van der Waals surface area contributed by atoms with E-state index < -0.39 is 0 Å². The molecule has 0 saturated carbocycles. The van der Waals surface area contributed by atoms with Crippen molar-refractivity contribution in [1.29, 1.82) is 0 Å². The molecular formula is C10H18N4S. The van der Waals surface area contributed by atoms with E-state index in [1.165, 1.54) is 38.9 Å². The maximum atomic E-state index is 4.01. The van der Waals surface area contributed by atoms with Crippen molar-refractivity contribution in [3.05, 3.63) is 5.51 Å². The average molecular weight is 226 g/mol. The van der Waals surface area contributed by atoms with Gasteiger partial charge >= 0.3 is 0 Å². The first-order valence-electron chi connectivity index (χ1n) is 5.63. The van der Waals surface area contributed by atoms with Crippen LogP contribution in [0.5, 0.6) is 0 Å². The van der Waals surface area contributed by atoms with E-state index >= 15 is 0 Å². The number of rotatable bonds is 4. The molecule has 0 spiro atoms. The lowest BCUT2D eigenvalue weighted by molar-refractivity contribution is 0.219. The fraction of sp³-hybridized carbons (Fsp3) is 0.800. The van der Waals surface area contributed by atoms with E-state index in [-0.39, 0.29) is 0 Å². The van der Waals surface area contributed by atoms with Crippen LogP contribution >= 0.6 is 11.3 Å². The molecule has 1 aromatic heterocycles. The summed E-state index contributed by atoms with van der Waals surface area (Å²) < 4.78 is 0. The van der Waals surface area contributed by atoms with Crippen molar-refractivity contribution in [2.24, 2.45) is 0 Å². The monoisotopic (exact) mass is 226 g/mol. The van der Waals surface area contributed by atoms with Crippen LogP contribution in [0.25, 0.3) is 0 Å². The van der Waals surface area contributed by atoms with Crippen LogP contribution in [-0.4, -0.2) is 40.8 Å². The van der Waals surface area contributed by atoms with E-state index in [2.05, 4.69) is 27.3 Å². The number of aromatic nitrogens is 2. The molecule has 0 unspecified atom stereocenters. The fourth-order valence-electron chi connectivity index (χ4n) is 2.03. The van der Waals surface area contributed by atoms with E-state index in [0.29, 0.717) is 6.04 Å². The number of nitrogens with zero attached hydrogens (tertiary/aromatic N) is 3. The zero-order valence-corrected chi connectivity index (χ0v) is 9.96. The highest BCUT2D eigenvalue weighted by Gasteiger charge is 2.18. The molecule has 2 rings (SSSR count). The molecule has 1 saturated heterocycles. The van der Waals surface area contributed by atoms with Crippen LogP contribution in [0.15, 0.2) is 5.51 Å². The van der Waals surface area contributed by atoms with Gasteiger partial charge in [0, 0.05) is 19.1 Å². The Kier molecular flexibility index (Phi) is 3.91. The van der Waals surface area contributed by atoms with Gasteiger partial charge < -0.3 is 10.2 Å². The lowest BCUT2D eigenvalue weighted by Crippen LogP contribution is -2.39. The molecule has 84 valence electrons. The van der Waals surface area contributed by atoms with Crippen LogP contribution in [0.2, 0.25) is 0 Å². The minimum atomic E-state index is 0.589. The van der Waals surface area contributed by atoms with Gasteiger partial charge in [-0.3, -0.25) is 0 Å². The number of anilines is 1. The Hall–Kier alpha value is -0.680. The van der Waals surface area contributed by atoms with Crippen molar-refractivity contribution in [1.82, 2.24) is 15.1 Å². The van der Waals surface area contributed by atoms with Crippen molar-refractivity contribution in [3.8, 4) is 0 Å². The smallest absolute Gasteiger partial charge is 0.205 e. The largest absolute Gasteiger partial charge is 0.357 e. The second kappa shape index (κ2) is 5.42. The first-order chi connectivity index (χ1) is 7.38. The summed E-state index contributed by atoms with van der Waals surface area (Å²) in [5, 5.41) is 12.2. The summed E-state index contributed by atoms with van der Waals surface area (Å²) in [5.41, 5.74) is 1.77. The Balaban J connectivity index is 1.74. The Labute approximate surface area is 94.7 Å². The summed E-state index contributed by atoms with van der Waals surface area (Å²) in [6.07, 6.45) is 3.70. The van der Waals surface area contributed by atoms with E-state index in [1.54, 1.807) is 16.8 Å². The third-order valence-electron chi connectivity index (χ3n) is 2.82. The third kappa shape index (κ3) is 3.14. The normalized spacial score (nSPS) is 19.3. The molecule has 1 fully saturated rings. The van der Waals surface area contributed by atoms with E-state index in [0.717, 1.165) is 5.13 Å². The van der Waals surface area contributed by atoms with Gasteiger partial charge in [-0.25, -0.2) is 0 Å². The highest BCUT2D eigenvalue weighted by Crippen LogP contribution is 2.17. The Morgan fingerprint density at radius 2 is 2.33 bits per heavy atom. The molecule has 1 aliphatic heterocycles. The molecule has 0 aliphatic carbocycles. The molecule has 0 aromatic carbocycles. The van der Waals surface area contributed by atoms with Crippen LogP contribution in [0.4, 0.5) is 5.13 Å². The van der Waals surface area contributed by atoms with Crippen molar-refractivity contribution in [2.75, 3.05) is 25.0 Å². The van der Waals surface area contributed by atoms with Crippen molar-refractivity contribution in [2.45, 2.75) is 32.2 Å². The van der Waals surface area contributed by atoms with Gasteiger partial charge in [0.2, 0.25) is 5.13 Å². The number of hydrogen-bond acceptors (Lipinski definition) is 5. The number of nitrogens with one attached hydrogen (secondary N) is 1. The molecule has 1 aliphatic rings. The molecule has 0 amide bonds. The summed E-state index contributed by atoms with van der Waals surface area (Å²) in [4.78, 5) is 2.54. The maximum absolute atomic E-state index is 4.01. The molecule has 1 aromatic rings. The minimum absolute atomic E-state index is 0.589. The Morgan fingerprint density at radius 1 is 1.53 bits per heavy atom. The van der Waals surface area contributed by atoms with Crippen LogP contribution in [0.1, 0.15) is 26.2 Å². The first kappa shape index (κ1) is 10.8. The lowest BCUT2D eigenvalue weighted by Gasteiger charge is -2.31. The zero-order chi connectivity index (χ0) is 10.5. The molecule has 0 atom stereocenters. The summed E-state index contributed by atoms with van der Waals surface area (Å²) >= 11 is 1.58. The number of hydrogen-bond donors (Lipinski definition) is 1. The predicted octanol–water partition coefficient (Wildman–Crippen LogP) is 1.82. The second-order valence-corrected chi connectivity index (χ2v) is 4.84. The first-order valence-corrected chi connectivity index (χ1v) is 6.51. The van der Waals surface area contributed by atoms with Crippen molar-refractivity contribution in [3.63, 3.8) is 0 Å². The van der Waals surface area contributed by atoms with Crippen LogP contribution in [0, 0.1) is 0 Å². The van der Waals surface area contributed by atoms with Gasteiger partial charge in [0.1, 0.15) is 5.51 Å². The topological polar surface area (TPSA) is 41.0 Å². The quantitative estimate of drug-likeness (QED) is 0.850. The molecule has 15 heavy (non-hydrogen) atoms. The SMILES string of the molecule is CCCN1CCC(Nc2nncs2)CC1. The third-order valence-corrected chi connectivity index (χ3v) is 3.44. The van der Waals surface area contributed by atoms with Gasteiger partial charge in [-0.1, -0.05) is 18.3 Å². The van der Waals surface area contributed by atoms with E-state index in [1.807, 2.05) is 0 Å². The minimum Gasteiger partial charge on any atom is -0.357 e. The molecule has 5 heteroatoms.